The normalized spacial score (nSPS) is 19.1. The van der Waals surface area contributed by atoms with E-state index < -0.39 is 28.5 Å². The SMILES string of the molecule is COC(=O)CCCCOc1c(C)c(C)c2c(c1C)CC[C@@](C)(COc1ccc(/C=C3/SC(=O)NC3=O)cc1C(F)(F)F)O2. The Labute approximate surface area is 252 Å². The number of imide groups is 1. The molecule has 2 aromatic carbocycles. The maximum Gasteiger partial charge on any atom is 0.419 e. The summed E-state index contributed by atoms with van der Waals surface area (Å²) in [5.41, 5.74) is 1.97. The van der Waals surface area contributed by atoms with E-state index in [1.54, 1.807) is 0 Å². The Bertz CT molecular complexity index is 1470. The molecule has 232 valence electrons. The Morgan fingerprint density at radius 1 is 1.12 bits per heavy atom. The molecule has 2 aliphatic heterocycles. The topological polar surface area (TPSA) is 100 Å². The molecule has 0 saturated carbocycles. The van der Waals surface area contributed by atoms with Gasteiger partial charge in [0.25, 0.3) is 11.1 Å². The number of fused-ring (bicyclic) bond motifs is 1. The van der Waals surface area contributed by atoms with Crippen molar-refractivity contribution < 1.29 is 46.5 Å². The Kier molecular flexibility index (Phi) is 9.68. The van der Waals surface area contributed by atoms with Crippen molar-refractivity contribution in [3.63, 3.8) is 0 Å². The third kappa shape index (κ3) is 7.46. The monoisotopic (exact) mass is 621 g/mol. The fraction of sp³-hybridized carbons (Fsp3) is 0.452. The number of alkyl halides is 3. The number of methoxy groups -OCH3 is 1. The minimum absolute atomic E-state index is 0.0154. The highest BCUT2D eigenvalue weighted by atomic mass is 32.2. The molecule has 0 spiro atoms. The van der Waals surface area contributed by atoms with Crippen LogP contribution in [0.3, 0.4) is 0 Å². The molecule has 0 aromatic heterocycles. The molecule has 0 radical (unpaired) electrons. The molecule has 8 nitrogen and oxygen atoms in total. The van der Waals surface area contributed by atoms with E-state index in [1.165, 1.54) is 25.3 Å². The highest BCUT2D eigenvalue weighted by Gasteiger charge is 2.38. The smallest absolute Gasteiger partial charge is 0.419 e. The van der Waals surface area contributed by atoms with Crippen molar-refractivity contribution in [2.45, 2.75) is 71.6 Å². The quantitative estimate of drug-likeness (QED) is 0.175. The fourth-order valence-electron chi connectivity index (χ4n) is 5.03. The van der Waals surface area contributed by atoms with E-state index in [-0.39, 0.29) is 28.8 Å². The summed E-state index contributed by atoms with van der Waals surface area (Å²) < 4.78 is 65.0. The number of unbranched alkanes of at least 4 members (excludes halogenated alkanes) is 1. The zero-order chi connectivity index (χ0) is 31.5. The van der Waals surface area contributed by atoms with Crippen LogP contribution in [0.15, 0.2) is 23.1 Å². The number of amides is 2. The van der Waals surface area contributed by atoms with Crippen molar-refractivity contribution >= 4 is 35.0 Å². The van der Waals surface area contributed by atoms with E-state index >= 15 is 0 Å². The molecule has 12 heteroatoms. The van der Waals surface area contributed by atoms with E-state index in [1.807, 2.05) is 27.7 Å². The van der Waals surface area contributed by atoms with Gasteiger partial charge < -0.3 is 18.9 Å². The second-order valence-corrected chi connectivity index (χ2v) is 11.9. The summed E-state index contributed by atoms with van der Waals surface area (Å²) in [7, 11) is 1.36. The van der Waals surface area contributed by atoms with Gasteiger partial charge in [0.1, 0.15) is 29.5 Å². The van der Waals surface area contributed by atoms with Crippen molar-refractivity contribution in [2.75, 3.05) is 20.3 Å². The number of carbonyl (C=O) groups excluding carboxylic acids is 3. The number of esters is 1. The molecule has 1 saturated heterocycles. The summed E-state index contributed by atoms with van der Waals surface area (Å²) in [6.45, 7) is 7.96. The average molecular weight is 622 g/mol. The predicted octanol–water partition coefficient (Wildman–Crippen LogP) is 6.84. The molecular weight excluding hydrogens is 587 g/mol. The van der Waals surface area contributed by atoms with Gasteiger partial charge in [0, 0.05) is 12.0 Å². The predicted molar refractivity (Wildman–Crippen MR) is 155 cm³/mol. The maximum absolute atomic E-state index is 14.0. The molecule has 2 heterocycles. The minimum atomic E-state index is -4.72. The van der Waals surface area contributed by atoms with Gasteiger partial charge in [-0.2, -0.15) is 13.2 Å². The lowest BCUT2D eigenvalue weighted by atomic mass is 9.87. The molecule has 4 rings (SSSR count). The van der Waals surface area contributed by atoms with E-state index in [9.17, 15) is 27.6 Å². The van der Waals surface area contributed by atoms with Crippen LogP contribution in [-0.2, 0) is 26.9 Å². The van der Waals surface area contributed by atoms with Crippen molar-refractivity contribution in [1.29, 1.82) is 0 Å². The van der Waals surface area contributed by atoms with Crippen LogP contribution in [0.2, 0.25) is 0 Å². The number of hydrogen-bond acceptors (Lipinski definition) is 8. The Balaban J connectivity index is 1.48. The summed E-state index contributed by atoms with van der Waals surface area (Å²) in [5.74, 6) is 0.204. The van der Waals surface area contributed by atoms with Crippen LogP contribution >= 0.6 is 11.8 Å². The third-order valence-corrected chi connectivity index (χ3v) is 8.41. The van der Waals surface area contributed by atoms with Gasteiger partial charge in [0.2, 0.25) is 0 Å². The number of nitrogens with one attached hydrogen (secondary N) is 1. The maximum atomic E-state index is 14.0. The van der Waals surface area contributed by atoms with Gasteiger partial charge in [-0.3, -0.25) is 19.7 Å². The van der Waals surface area contributed by atoms with Gasteiger partial charge in [-0.25, -0.2) is 0 Å². The van der Waals surface area contributed by atoms with Crippen LogP contribution in [-0.4, -0.2) is 43.0 Å². The number of rotatable bonds is 10. The summed E-state index contributed by atoms with van der Waals surface area (Å²) in [4.78, 5) is 34.6. The molecule has 2 aromatic rings. The van der Waals surface area contributed by atoms with Crippen molar-refractivity contribution in [1.82, 2.24) is 5.32 Å². The molecule has 43 heavy (non-hydrogen) atoms. The molecule has 2 amide bonds. The highest BCUT2D eigenvalue weighted by Crippen LogP contribution is 2.44. The van der Waals surface area contributed by atoms with Crippen LogP contribution < -0.4 is 19.5 Å². The standard InChI is InChI=1S/C31H34F3NO7S/c1-17-18(2)27-21(19(3)26(17)40-13-7-6-8-25(36)39-5)11-12-30(4,42-27)16-41-23-10-9-20(14-22(23)31(32,33)34)15-24-28(37)35-29(38)43-24/h9-10,14-15H,6-8,11-13,16H2,1-5H3,(H,35,37,38)/b24-15+/t30-/m0/s1. The van der Waals surface area contributed by atoms with Gasteiger partial charge in [-0.05, 0) is 106 Å². The average Bonchev–Trinajstić information content (AvgIpc) is 3.27. The lowest BCUT2D eigenvalue weighted by Gasteiger charge is -2.38. The number of ether oxygens (including phenoxy) is 4. The Hall–Kier alpha value is -3.67. The number of benzene rings is 2. The zero-order valence-electron chi connectivity index (χ0n) is 24.7. The first kappa shape index (κ1) is 32.2. The molecule has 1 N–H and O–H groups in total. The minimum Gasteiger partial charge on any atom is -0.493 e. The van der Waals surface area contributed by atoms with Crippen molar-refractivity contribution in [3.05, 3.63) is 56.5 Å². The second-order valence-electron chi connectivity index (χ2n) is 10.8. The number of halogens is 3. The summed E-state index contributed by atoms with van der Waals surface area (Å²) >= 11 is 0.629. The summed E-state index contributed by atoms with van der Waals surface area (Å²) in [6, 6.07) is 3.51. The first-order valence-electron chi connectivity index (χ1n) is 13.8. The van der Waals surface area contributed by atoms with E-state index in [0.29, 0.717) is 56.2 Å². The third-order valence-electron chi connectivity index (χ3n) is 7.59. The van der Waals surface area contributed by atoms with Gasteiger partial charge in [0.15, 0.2) is 0 Å². The van der Waals surface area contributed by atoms with Crippen molar-refractivity contribution in [3.8, 4) is 17.2 Å². The number of thioether (sulfide) groups is 1. The number of carbonyl (C=O) groups is 3. The first-order chi connectivity index (χ1) is 20.2. The van der Waals surface area contributed by atoms with Crippen LogP contribution in [0.1, 0.15) is 66.0 Å². The van der Waals surface area contributed by atoms with Crippen LogP contribution in [0, 0.1) is 20.8 Å². The zero-order valence-corrected chi connectivity index (χ0v) is 25.5. The Morgan fingerprint density at radius 2 is 1.86 bits per heavy atom. The largest absolute Gasteiger partial charge is 0.493 e. The molecule has 0 unspecified atom stereocenters. The molecule has 0 bridgehead atoms. The number of hydrogen-bond donors (Lipinski definition) is 1. The van der Waals surface area contributed by atoms with Gasteiger partial charge in [0.05, 0.1) is 24.2 Å². The molecule has 2 aliphatic rings. The molecular formula is C31H34F3NO7S. The van der Waals surface area contributed by atoms with Crippen LogP contribution in [0.25, 0.3) is 6.08 Å². The molecule has 0 aliphatic carbocycles. The molecule has 1 fully saturated rings. The second kappa shape index (κ2) is 12.9. The van der Waals surface area contributed by atoms with E-state index in [4.69, 9.17) is 14.2 Å². The highest BCUT2D eigenvalue weighted by molar-refractivity contribution is 8.18. The Morgan fingerprint density at radius 3 is 2.51 bits per heavy atom. The first-order valence-corrected chi connectivity index (χ1v) is 14.6. The van der Waals surface area contributed by atoms with E-state index in [0.717, 1.165) is 34.1 Å². The van der Waals surface area contributed by atoms with Gasteiger partial charge in [-0.15, -0.1) is 0 Å². The summed E-state index contributed by atoms with van der Waals surface area (Å²) in [6.07, 6.45) is -0.660. The van der Waals surface area contributed by atoms with E-state index in [2.05, 4.69) is 10.1 Å². The van der Waals surface area contributed by atoms with Crippen LogP contribution in [0.4, 0.5) is 18.0 Å². The van der Waals surface area contributed by atoms with Gasteiger partial charge >= 0.3 is 12.1 Å². The van der Waals surface area contributed by atoms with Crippen molar-refractivity contribution in [2.24, 2.45) is 0 Å². The fourth-order valence-corrected chi connectivity index (χ4v) is 5.72. The van der Waals surface area contributed by atoms with Crippen LogP contribution in [0.5, 0.6) is 17.2 Å². The summed E-state index contributed by atoms with van der Waals surface area (Å²) in [5, 5.41) is 1.50. The molecule has 1 atom stereocenters. The lowest BCUT2D eigenvalue weighted by Crippen LogP contribution is -2.42. The lowest BCUT2D eigenvalue weighted by molar-refractivity contribution is -0.141. The van der Waals surface area contributed by atoms with Gasteiger partial charge in [-0.1, -0.05) is 6.07 Å².